The molecular weight excluding hydrogens is 371 g/mol. The Morgan fingerprint density at radius 3 is 2.67 bits per heavy atom. The lowest BCUT2D eigenvalue weighted by Crippen LogP contribution is -2.37. The van der Waals surface area contributed by atoms with E-state index in [9.17, 15) is 17.6 Å². The fourth-order valence-corrected chi connectivity index (χ4v) is 4.85. The molecule has 2 aromatic rings. The predicted octanol–water partition coefficient (Wildman–Crippen LogP) is 1.56. The number of nitrogens with one attached hydrogen (secondary N) is 1. The fraction of sp³-hybridized carbons (Fsp3) is 0.389. The van der Waals surface area contributed by atoms with Crippen molar-refractivity contribution in [3.8, 4) is 0 Å². The smallest absolute Gasteiger partial charge is 0.271 e. The zero-order valence-electron chi connectivity index (χ0n) is 14.9. The molecule has 0 bridgehead atoms. The van der Waals surface area contributed by atoms with Crippen LogP contribution in [0.25, 0.3) is 0 Å². The summed E-state index contributed by atoms with van der Waals surface area (Å²) in [7, 11) is -3.00. The van der Waals surface area contributed by atoms with Crippen molar-refractivity contribution in [3.63, 3.8) is 0 Å². The summed E-state index contributed by atoms with van der Waals surface area (Å²) in [6.45, 7) is 2.56. The Balaban J connectivity index is 1.65. The zero-order valence-corrected chi connectivity index (χ0v) is 15.7. The van der Waals surface area contributed by atoms with Gasteiger partial charge in [-0.1, -0.05) is 18.2 Å². The van der Waals surface area contributed by atoms with Crippen LogP contribution in [0.4, 0.5) is 10.2 Å². The summed E-state index contributed by atoms with van der Waals surface area (Å²) >= 11 is 0. The molecule has 1 aliphatic heterocycles. The topological polar surface area (TPSA) is 92.3 Å². The van der Waals surface area contributed by atoms with Gasteiger partial charge in [-0.25, -0.2) is 22.8 Å². The molecule has 1 atom stereocenters. The maximum absolute atomic E-state index is 13.6. The van der Waals surface area contributed by atoms with Gasteiger partial charge in [0.15, 0.2) is 9.84 Å². The Bertz CT molecular complexity index is 918. The Labute approximate surface area is 157 Å². The van der Waals surface area contributed by atoms with Gasteiger partial charge in [0.25, 0.3) is 5.91 Å². The summed E-state index contributed by atoms with van der Waals surface area (Å²) in [6.07, 6.45) is 3.37. The standard InChI is InChI=1S/C18H21FN4O3S/c1-2-23(14-7-8-27(25,26)12-14)17-11-20-16(10-21-17)18(24)22-9-13-5-3-4-6-15(13)19/h3-6,10-11,14H,2,7-9,12H2,1H3,(H,22,24). The second-order valence-electron chi connectivity index (χ2n) is 6.38. The summed E-state index contributed by atoms with van der Waals surface area (Å²) in [6, 6.07) is 6.08. The molecule has 0 spiro atoms. The van der Waals surface area contributed by atoms with Gasteiger partial charge in [0, 0.05) is 24.7 Å². The van der Waals surface area contributed by atoms with E-state index in [0.29, 0.717) is 24.3 Å². The van der Waals surface area contributed by atoms with Crippen molar-refractivity contribution in [2.24, 2.45) is 0 Å². The quantitative estimate of drug-likeness (QED) is 0.802. The number of halogens is 1. The van der Waals surface area contributed by atoms with E-state index in [-0.39, 0.29) is 35.6 Å². The van der Waals surface area contributed by atoms with Crippen LogP contribution in [0.3, 0.4) is 0 Å². The number of sulfone groups is 1. The van der Waals surface area contributed by atoms with Crippen LogP contribution in [0.5, 0.6) is 0 Å². The fourth-order valence-electron chi connectivity index (χ4n) is 3.12. The average Bonchev–Trinajstić information content (AvgIpc) is 3.01. The van der Waals surface area contributed by atoms with E-state index in [1.807, 2.05) is 11.8 Å². The number of benzene rings is 1. The normalized spacial score (nSPS) is 18.2. The lowest BCUT2D eigenvalue weighted by Gasteiger charge is -2.27. The van der Waals surface area contributed by atoms with Crippen LogP contribution >= 0.6 is 0 Å². The summed E-state index contributed by atoms with van der Waals surface area (Å²) in [5, 5.41) is 2.61. The van der Waals surface area contributed by atoms with Gasteiger partial charge in [0.2, 0.25) is 0 Å². The van der Waals surface area contributed by atoms with Gasteiger partial charge >= 0.3 is 0 Å². The molecule has 1 aliphatic rings. The SMILES string of the molecule is CCN(c1cnc(C(=O)NCc2ccccc2F)cn1)C1CCS(=O)(=O)C1. The highest BCUT2D eigenvalue weighted by atomic mass is 32.2. The van der Waals surface area contributed by atoms with Gasteiger partial charge in [0.1, 0.15) is 17.3 Å². The van der Waals surface area contributed by atoms with Crippen molar-refractivity contribution in [1.29, 1.82) is 0 Å². The number of anilines is 1. The van der Waals surface area contributed by atoms with Gasteiger partial charge in [-0.05, 0) is 19.4 Å². The van der Waals surface area contributed by atoms with E-state index in [1.165, 1.54) is 18.5 Å². The summed E-state index contributed by atoms with van der Waals surface area (Å²) in [4.78, 5) is 22.5. The molecule has 27 heavy (non-hydrogen) atoms. The van der Waals surface area contributed by atoms with Crippen LogP contribution < -0.4 is 10.2 Å². The molecule has 0 radical (unpaired) electrons. The van der Waals surface area contributed by atoms with Gasteiger partial charge in [-0.15, -0.1) is 0 Å². The molecule has 1 unspecified atom stereocenters. The number of hydrogen-bond acceptors (Lipinski definition) is 6. The maximum atomic E-state index is 13.6. The van der Waals surface area contributed by atoms with Gasteiger partial charge in [-0.2, -0.15) is 0 Å². The molecule has 9 heteroatoms. The summed E-state index contributed by atoms with van der Waals surface area (Å²) in [5.74, 6) is -0.0238. The van der Waals surface area contributed by atoms with Crippen LogP contribution in [0.1, 0.15) is 29.4 Å². The van der Waals surface area contributed by atoms with E-state index >= 15 is 0 Å². The number of hydrogen-bond donors (Lipinski definition) is 1. The van der Waals surface area contributed by atoms with E-state index in [4.69, 9.17) is 0 Å². The molecular formula is C18H21FN4O3S. The first kappa shape index (κ1) is 19.2. The molecule has 1 saturated heterocycles. The maximum Gasteiger partial charge on any atom is 0.271 e. The van der Waals surface area contributed by atoms with Crippen LogP contribution in [-0.4, -0.2) is 48.4 Å². The van der Waals surface area contributed by atoms with Gasteiger partial charge < -0.3 is 10.2 Å². The highest BCUT2D eigenvalue weighted by Gasteiger charge is 2.32. The molecule has 1 N–H and O–H groups in total. The lowest BCUT2D eigenvalue weighted by molar-refractivity contribution is 0.0945. The van der Waals surface area contributed by atoms with E-state index in [2.05, 4.69) is 15.3 Å². The average molecular weight is 392 g/mol. The Hall–Kier alpha value is -2.55. The zero-order chi connectivity index (χ0) is 19.4. The molecule has 144 valence electrons. The first-order chi connectivity index (χ1) is 12.9. The minimum atomic E-state index is -3.00. The molecule has 2 heterocycles. The highest BCUT2D eigenvalue weighted by Crippen LogP contribution is 2.22. The number of rotatable bonds is 6. The molecule has 1 aromatic carbocycles. The third-order valence-electron chi connectivity index (χ3n) is 4.55. The van der Waals surface area contributed by atoms with Crippen molar-refractivity contribution in [2.75, 3.05) is 23.0 Å². The number of carbonyl (C=O) groups excluding carboxylic acids is 1. The number of nitrogens with zero attached hydrogens (tertiary/aromatic N) is 3. The number of aromatic nitrogens is 2. The first-order valence-electron chi connectivity index (χ1n) is 8.70. The molecule has 0 saturated carbocycles. The third-order valence-corrected chi connectivity index (χ3v) is 6.30. The minimum Gasteiger partial charge on any atom is -0.352 e. The van der Waals surface area contributed by atoms with Crippen molar-refractivity contribution < 1.29 is 17.6 Å². The molecule has 1 aromatic heterocycles. The van der Waals surface area contributed by atoms with Crippen LogP contribution in [0, 0.1) is 5.82 Å². The van der Waals surface area contributed by atoms with Crippen molar-refractivity contribution >= 4 is 21.6 Å². The van der Waals surface area contributed by atoms with Crippen LogP contribution in [-0.2, 0) is 16.4 Å². The second-order valence-corrected chi connectivity index (χ2v) is 8.61. The van der Waals surface area contributed by atoms with Crippen LogP contribution in [0.15, 0.2) is 36.7 Å². The monoisotopic (exact) mass is 392 g/mol. The lowest BCUT2D eigenvalue weighted by atomic mass is 10.2. The van der Waals surface area contributed by atoms with Gasteiger partial charge in [-0.3, -0.25) is 4.79 Å². The molecule has 1 fully saturated rings. The number of amides is 1. The highest BCUT2D eigenvalue weighted by molar-refractivity contribution is 7.91. The molecule has 7 nitrogen and oxygen atoms in total. The number of carbonyl (C=O) groups is 1. The minimum absolute atomic E-state index is 0.0515. The third kappa shape index (κ3) is 4.60. The first-order valence-corrected chi connectivity index (χ1v) is 10.5. The van der Waals surface area contributed by atoms with E-state index < -0.39 is 15.7 Å². The molecule has 3 rings (SSSR count). The predicted molar refractivity (Wildman–Crippen MR) is 99.7 cm³/mol. The largest absolute Gasteiger partial charge is 0.352 e. The summed E-state index contributed by atoms with van der Waals surface area (Å²) < 4.78 is 37.0. The van der Waals surface area contributed by atoms with Gasteiger partial charge in [0.05, 0.1) is 23.9 Å². The van der Waals surface area contributed by atoms with Crippen molar-refractivity contribution in [3.05, 3.63) is 53.7 Å². The Kier molecular flexibility index (Phi) is 5.69. The Morgan fingerprint density at radius 2 is 2.07 bits per heavy atom. The molecule has 1 amide bonds. The van der Waals surface area contributed by atoms with Crippen molar-refractivity contribution in [2.45, 2.75) is 25.9 Å². The molecule has 0 aliphatic carbocycles. The van der Waals surface area contributed by atoms with Crippen LogP contribution in [0.2, 0.25) is 0 Å². The van der Waals surface area contributed by atoms with E-state index in [1.54, 1.807) is 18.2 Å². The summed E-state index contributed by atoms with van der Waals surface area (Å²) in [5.41, 5.74) is 0.500. The van der Waals surface area contributed by atoms with E-state index in [0.717, 1.165) is 0 Å². The second kappa shape index (κ2) is 7.99. The Morgan fingerprint density at radius 1 is 1.30 bits per heavy atom. The van der Waals surface area contributed by atoms with Crippen molar-refractivity contribution in [1.82, 2.24) is 15.3 Å².